The third-order valence-corrected chi connectivity index (χ3v) is 7.80. The number of benzene rings is 2. The van der Waals surface area contributed by atoms with Crippen molar-refractivity contribution in [2.24, 2.45) is 0 Å². The van der Waals surface area contributed by atoms with E-state index < -0.39 is 0 Å². The van der Waals surface area contributed by atoms with Gasteiger partial charge in [0.2, 0.25) is 5.91 Å². The molecule has 4 heterocycles. The highest BCUT2D eigenvalue weighted by Crippen LogP contribution is 2.30. The van der Waals surface area contributed by atoms with Gasteiger partial charge >= 0.3 is 0 Å². The maximum atomic E-state index is 13.0. The summed E-state index contributed by atoms with van der Waals surface area (Å²) in [7, 11) is 0. The topological polar surface area (TPSA) is 61.7 Å². The highest BCUT2D eigenvalue weighted by molar-refractivity contribution is 7.07. The molecule has 0 radical (unpaired) electrons. The fraction of sp³-hybridized carbons (Fsp3) is 0.269. The predicted octanol–water partition coefficient (Wildman–Crippen LogP) is 4.30. The van der Waals surface area contributed by atoms with Gasteiger partial charge in [-0.3, -0.25) is 14.5 Å². The number of rotatable bonds is 4. The first-order valence-electron chi connectivity index (χ1n) is 11.7. The Morgan fingerprint density at radius 2 is 1.77 bits per heavy atom. The number of hydrogen-bond acceptors (Lipinski definition) is 5. The second-order valence-corrected chi connectivity index (χ2v) is 10.1. The smallest absolute Gasteiger partial charge is 0.273 e. The van der Waals surface area contributed by atoms with Gasteiger partial charge in [0.05, 0.1) is 11.0 Å². The first-order valence-corrected chi connectivity index (χ1v) is 13.0. The summed E-state index contributed by atoms with van der Waals surface area (Å²) < 4.78 is 2.12. The molecule has 0 bridgehead atoms. The van der Waals surface area contributed by atoms with Gasteiger partial charge in [-0.25, -0.2) is 4.98 Å². The molecule has 6 rings (SSSR count). The van der Waals surface area contributed by atoms with Crippen molar-refractivity contribution in [2.75, 3.05) is 37.6 Å². The van der Waals surface area contributed by atoms with Crippen molar-refractivity contribution in [1.82, 2.24) is 19.4 Å². The van der Waals surface area contributed by atoms with Gasteiger partial charge in [-0.1, -0.05) is 11.6 Å². The molecule has 2 amide bonds. The summed E-state index contributed by atoms with van der Waals surface area (Å²) in [6.07, 6.45) is 2.54. The Morgan fingerprint density at radius 3 is 2.51 bits per heavy atom. The minimum Gasteiger partial charge on any atom is -0.335 e. The van der Waals surface area contributed by atoms with Crippen molar-refractivity contribution in [3.8, 4) is 5.69 Å². The molecule has 0 spiro atoms. The monoisotopic (exact) mass is 505 g/mol. The Morgan fingerprint density at radius 1 is 1.00 bits per heavy atom. The minimum absolute atomic E-state index is 0.00568. The Hall–Kier alpha value is -3.20. The van der Waals surface area contributed by atoms with Crippen LogP contribution in [0.15, 0.2) is 65.6 Å². The van der Waals surface area contributed by atoms with Crippen LogP contribution < -0.4 is 4.90 Å². The van der Waals surface area contributed by atoms with Crippen molar-refractivity contribution >= 4 is 51.3 Å². The Kier molecular flexibility index (Phi) is 5.80. The maximum absolute atomic E-state index is 13.0. The van der Waals surface area contributed by atoms with E-state index in [1.807, 2.05) is 46.3 Å². The normalized spacial score (nSPS) is 19.1. The summed E-state index contributed by atoms with van der Waals surface area (Å²) in [4.78, 5) is 35.8. The highest BCUT2D eigenvalue weighted by atomic mass is 35.5. The van der Waals surface area contributed by atoms with E-state index >= 15 is 0 Å². The van der Waals surface area contributed by atoms with Crippen LogP contribution in [0.5, 0.6) is 0 Å². The first kappa shape index (κ1) is 22.3. The average molecular weight is 506 g/mol. The van der Waals surface area contributed by atoms with Crippen molar-refractivity contribution in [2.45, 2.75) is 12.5 Å². The molecule has 0 unspecified atom stereocenters. The van der Waals surface area contributed by atoms with Gasteiger partial charge in [0.15, 0.2) is 0 Å². The number of nitrogens with zero attached hydrogens (tertiary/aromatic N) is 5. The molecule has 7 nitrogen and oxygen atoms in total. The fourth-order valence-electron chi connectivity index (χ4n) is 5.08. The van der Waals surface area contributed by atoms with Crippen LogP contribution in [0.2, 0.25) is 5.02 Å². The zero-order valence-electron chi connectivity index (χ0n) is 19.0. The van der Waals surface area contributed by atoms with Crippen LogP contribution in [-0.2, 0) is 4.79 Å². The van der Waals surface area contributed by atoms with Crippen molar-refractivity contribution in [3.63, 3.8) is 0 Å². The largest absolute Gasteiger partial charge is 0.335 e. The molecule has 0 saturated carbocycles. The van der Waals surface area contributed by atoms with Crippen LogP contribution in [-0.4, -0.2) is 69.9 Å². The number of carbonyl (C=O) groups excluding carboxylic acids is 2. The predicted molar refractivity (Wildman–Crippen MR) is 139 cm³/mol. The van der Waals surface area contributed by atoms with E-state index in [9.17, 15) is 9.59 Å². The van der Waals surface area contributed by atoms with Crippen LogP contribution in [0.4, 0.5) is 5.69 Å². The van der Waals surface area contributed by atoms with Gasteiger partial charge in [-0.15, -0.1) is 11.3 Å². The molecule has 35 heavy (non-hydrogen) atoms. The number of halogens is 1. The SMILES string of the molecule is O=C(c1cscn1)N1CCN([C@@H]2CC(=O)N(c3ccc4c(ccn4-c4ccc(Cl)cc4)c3)C2)CC1. The lowest BCUT2D eigenvalue weighted by atomic mass is 10.2. The number of carbonyl (C=O) groups is 2. The number of aromatic nitrogens is 2. The van der Waals surface area contributed by atoms with Crippen LogP contribution in [0.1, 0.15) is 16.9 Å². The van der Waals surface area contributed by atoms with Crippen LogP contribution >= 0.6 is 22.9 Å². The molecular weight excluding hydrogens is 482 g/mol. The highest BCUT2D eigenvalue weighted by Gasteiger charge is 2.36. The summed E-state index contributed by atoms with van der Waals surface area (Å²) in [5, 5.41) is 3.59. The molecule has 2 saturated heterocycles. The van der Waals surface area contributed by atoms with Crippen LogP contribution in [0, 0.1) is 0 Å². The van der Waals surface area contributed by atoms with Gasteiger partial charge < -0.3 is 14.4 Å². The van der Waals surface area contributed by atoms with E-state index in [-0.39, 0.29) is 17.9 Å². The molecular formula is C26H24ClN5O2S. The Bertz CT molecular complexity index is 1380. The summed E-state index contributed by atoms with van der Waals surface area (Å²) in [6.45, 7) is 3.52. The molecule has 2 aliphatic heterocycles. The van der Waals surface area contributed by atoms with Crippen molar-refractivity contribution in [3.05, 3.63) is 76.3 Å². The lowest BCUT2D eigenvalue weighted by Crippen LogP contribution is -2.52. The number of fused-ring (bicyclic) bond motifs is 1. The van der Waals surface area contributed by atoms with Gasteiger partial charge in [0, 0.05) is 78.5 Å². The van der Waals surface area contributed by atoms with E-state index in [2.05, 4.69) is 32.7 Å². The van der Waals surface area contributed by atoms with E-state index in [0.717, 1.165) is 35.4 Å². The maximum Gasteiger partial charge on any atom is 0.273 e. The summed E-state index contributed by atoms with van der Waals surface area (Å²) in [5.74, 6) is 0.140. The van der Waals surface area contributed by atoms with Crippen LogP contribution in [0.3, 0.4) is 0 Å². The summed E-state index contributed by atoms with van der Waals surface area (Å²) in [5.41, 5.74) is 5.26. The minimum atomic E-state index is -0.00568. The van der Waals surface area contributed by atoms with Crippen molar-refractivity contribution in [1.29, 1.82) is 0 Å². The standard InChI is InChI=1S/C26H24ClN5O2S/c27-19-1-3-20(4-2-19)31-8-7-18-13-21(5-6-24(18)31)32-15-22(14-25(32)33)29-9-11-30(12-10-29)26(34)23-16-35-17-28-23/h1-8,13,16-17,22H,9-12,14-15H2/t22-/m1/s1. The Labute approximate surface area is 212 Å². The molecule has 2 aliphatic rings. The van der Waals surface area contributed by atoms with E-state index in [4.69, 9.17) is 11.6 Å². The number of thiazole rings is 1. The molecule has 2 fully saturated rings. The molecule has 178 valence electrons. The van der Waals surface area contributed by atoms with Crippen LogP contribution in [0.25, 0.3) is 16.6 Å². The lowest BCUT2D eigenvalue weighted by molar-refractivity contribution is -0.117. The number of piperazine rings is 1. The van der Waals surface area contributed by atoms with E-state index in [1.165, 1.54) is 11.3 Å². The molecule has 1 atom stereocenters. The molecule has 9 heteroatoms. The number of amides is 2. The third kappa shape index (κ3) is 4.22. The van der Waals surface area contributed by atoms with E-state index in [0.29, 0.717) is 36.8 Å². The summed E-state index contributed by atoms with van der Waals surface area (Å²) >= 11 is 7.47. The molecule has 4 aromatic rings. The average Bonchev–Trinajstić information content (AvgIpc) is 3.64. The number of hydrogen-bond donors (Lipinski definition) is 0. The quantitative estimate of drug-likeness (QED) is 0.415. The zero-order valence-corrected chi connectivity index (χ0v) is 20.6. The molecule has 2 aromatic carbocycles. The number of anilines is 1. The van der Waals surface area contributed by atoms with Gasteiger partial charge in [0.1, 0.15) is 5.69 Å². The molecule has 0 aliphatic carbocycles. The molecule has 2 aromatic heterocycles. The lowest BCUT2D eigenvalue weighted by Gasteiger charge is -2.37. The van der Waals surface area contributed by atoms with Gasteiger partial charge in [-0.2, -0.15) is 0 Å². The first-order chi connectivity index (χ1) is 17.1. The molecule has 0 N–H and O–H groups in total. The second-order valence-electron chi connectivity index (χ2n) is 8.97. The van der Waals surface area contributed by atoms with Crippen molar-refractivity contribution < 1.29 is 9.59 Å². The van der Waals surface area contributed by atoms with E-state index in [1.54, 1.807) is 10.9 Å². The fourth-order valence-corrected chi connectivity index (χ4v) is 5.73. The second kappa shape index (κ2) is 9.11. The Balaban J connectivity index is 1.14. The summed E-state index contributed by atoms with van der Waals surface area (Å²) in [6, 6.07) is 16.2. The third-order valence-electron chi connectivity index (χ3n) is 6.96. The van der Waals surface area contributed by atoms with Gasteiger partial charge in [-0.05, 0) is 48.5 Å². The van der Waals surface area contributed by atoms with Gasteiger partial charge in [0.25, 0.3) is 5.91 Å². The zero-order chi connectivity index (χ0) is 23.9.